The van der Waals surface area contributed by atoms with E-state index in [9.17, 15) is 9.18 Å². The first-order chi connectivity index (χ1) is 16.1. The van der Waals surface area contributed by atoms with Crippen molar-refractivity contribution in [3.8, 4) is 11.3 Å². The number of nitrogens with two attached hydrogens (primary N) is 1. The molecule has 0 bridgehead atoms. The van der Waals surface area contributed by atoms with E-state index in [0.29, 0.717) is 35.4 Å². The maximum absolute atomic E-state index is 14.2. The molecule has 8 nitrogen and oxygen atoms in total. The van der Waals surface area contributed by atoms with Crippen molar-refractivity contribution < 1.29 is 9.18 Å². The van der Waals surface area contributed by atoms with Gasteiger partial charge in [0.15, 0.2) is 5.65 Å². The van der Waals surface area contributed by atoms with Crippen LogP contribution in [0.1, 0.15) is 39.7 Å². The van der Waals surface area contributed by atoms with E-state index in [1.807, 2.05) is 20.8 Å². The van der Waals surface area contributed by atoms with Gasteiger partial charge in [0.25, 0.3) is 5.91 Å². The Kier molecular flexibility index (Phi) is 6.28. The minimum absolute atomic E-state index is 0.0112. The van der Waals surface area contributed by atoms with Crippen LogP contribution in [0.25, 0.3) is 27.1 Å². The third-order valence-corrected chi connectivity index (χ3v) is 5.96. The van der Waals surface area contributed by atoms with E-state index in [1.165, 1.54) is 18.5 Å². The van der Waals surface area contributed by atoms with Gasteiger partial charge in [0, 0.05) is 18.7 Å². The van der Waals surface area contributed by atoms with Crippen LogP contribution in [0.2, 0.25) is 5.02 Å². The van der Waals surface area contributed by atoms with Gasteiger partial charge in [-0.05, 0) is 30.4 Å². The van der Waals surface area contributed by atoms with Gasteiger partial charge < -0.3 is 10.6 Å². The van der Waals surface area contributed by atoms with Crippen LogP contribution >= 0.6 is 11.6 Å². The molecule has 1 fully saturated rings. The lowest BCUT2D eigenvalue weighted by Crippen LogP contribution is -2.41. The van der Waals surface area contributed by atoms with Crippen molar-refractivity contribution in [2.75, 3.05) is 18.8 Å². The molecule has 176 valence electrons. The minimum atomic E-state index is -0.566. The number of likely N-dealkylation sites (tertiary alicyclic amines) is 1. The van der Waals surface area contributed by atoms with Crippen molar-refractivity contribution in [1.82, 2.24) is 24.6 Å². The average molecular weight is 482 g/mol. The number of hydrogen-bond donors (Lipinski definition) is 1. The summed E-state index contributed by atoms with van der Waals surface area (Å²) in [7, 11) is 0. The summed E-state index contributed by atoms with van der Waals surface area (Å²) in [5.41, 5.74) is 7.44. The van der Waals surface area contributed by atoms with E-state index in [-0.39, 0.29) is 33.9 Å². The molecular weight excluding hydrogens is 457 g/mol. The first-order valence-electron chi connectivity index (χ1n) is 10.9. The van der Waals surface area contributed by atoms with Gasteiger partial charge in [-0.15, -0.1) is 0 Å². The number of hydrogen-bond acceptors (Lipinski definition) is 5. The Balaban J connectivity index is 1.74. The molecule has 4 rings (SSSR count). The van der Waals surface area contributed by atoms with Crippen LogP contribution in [0.3, 0.4) is 0 Å². The van der Waals surface area contributed by atoms with E-state index < -0.39 is 5.82 Å². The number of piperidine rings is 1. The summed E-state index contributed by atoms with van der Waals surface area (Å²) in [6.45, 7) is 14.3. The molecule has 2 aromatic heterocycles. The van der Waals surface area contributed by atoms with Crippen LogP contribution < -0.4 is 5.73 Å². The molecule has 0 saturated carbocycles. The highest BCUT2D eigenvalue weighted by Crippen LogP contribution is 2.35. The molecular formula is C24H25ClFN7O. The highest BCUT2D eigenvalue weighted by atomic mass is 35.5. The van der Waals surface area contributed by atoms with Gasteiger partial charge in [0.1, 0.15) is 23.7 Å². The Labute approximate surface area is 202 Å². The smallest absolute Gasteiger partial charge is 0.252 e. The number of fused-ring (bicyclic) bond motifs is 1. The van der Waals surface area contributed by atoms with E-state index in [4.69, 9.17) is 29.0 Å². The summed E-state index contributed by atoms with van der Waals surface area (Å²) >= 11 is 5.85. The third kappa shape index (κ3) is 4.59. The maximum Gasteiger partial charge on any atom is 0.252 e. The van der Waals surface area contributed by atoms with Gasteiger partial charge in [-0.1, -0.05) is 44.5 Å². The summed E-state index contributed by atoms with van der Waals surface area (Å²) < 4.78 is 15.9. The van der Waals surface area contributed by atoms with Crippen molar-refractivity contribution in [3.63, 3.8) is 0 Å². The fourth-order valence-corrected chi connectivity index (χ4v) is 4.27. The molecule has 1 aliphatic heterocycles. The number of amides is 1. The number of benzene rings is 1. The van der Waals surface area contributed by atoms with Crippen molar-refractivity contribution in [2.45, 2.75) is 39.7 Å². The lowest BCUT2D eigenvalue weighted by Gasteiger charge is -2.33. The molecule has 2 N–H and O–H groups in total. The Hall–Kier alpha value is -3.51. The SMILES string of the molecule is [C-]#[N+]/C(=C\C(C)(C)C)C(=O)N1CCC[C@@H](n2nc(-c3ccc(Cl)c(F)c3)c3c(N)ncnc32)C1. The zero-order chi connectivity index (χ0) is 24.6. The topological polar surface area (TPSA) is 94.3 Å². The molecule has 34 heavy (non-hydrogen) atoms. The van der Waals surface area contributed by atoms with Gasteiger partial charge in [-0.2, -0.15) is 5.10 Å². The normalized spacial score (nSPS) is 17.1. The molecule has 1 atom stereocenters. The fourth-order valence-electron chi connectivity index (χ4n) is 4.15. The van der Waals surface area contributed by atoms with Crippen molar-refractivity contribution in [1.29, 1.82) is 0 Å². The Morgan fingerprint density at radius 2 is 2.12 bits per heavy atom. The number of carbonyl (C=O) groups excluding carboxylic acids is 1. The molecule has 0 spiro atoms. The van der Waals surface area contributed by atoms with E-state index in [1.54, 1.807) is 21.7 Å². The van der Waals surface area contributed by atoms with Crippen molar-refractivity contribution in [2.24, 2.45) is 5.41 Å². The number of allylic oxidation sites excluding steroid dienone is 1. The first-order valence-corrected chi connectivity index (χ1v) is 11.3. The molecule has 3 heterocycles. The summed E-state index contributed by atoms with van der Waals surface area (Å²) in [6.07, 6.45) is 4.56. The number of rotatable bonds is 3. The highest BCUT2D eigenvalue weighted by molar-refractivity contribution is 6.30. The Morgan fingerprint density at radius 1 is 1.35 bits per heavy atom. The quantitative estimate of drug-likeness (QED) is 0.425. The zero-order valence-electron chi connectivity index (χ0n) is 19.2. The zero-order valence-corrected chi connectivity index (χ0v) is 20.0. The van der Waals surface area contributed by atoms with E-state index >= 15 is 0 Å². The molecule has 0 unspecified atom stereocenters. The number of halogens is 2. The number of carbonyl (C=O) groups is 1. The first kappa shape index (κ1) is 23.6. The molecule has 0 aliphatic carbocycles. The standard InChI is InChI=1S/C24H25ClFN7O/c1-24(2,3)11-18(28-4)23(34)32-9-5-6-15(12-32)33-22-19(21(27)29-13-30-22)20(31-33)14-7-8-16(25)17(26)10-14/h7-8,10-11,13,15H,5-6,9,12H2,1-3H3,(H2,27,29,30)/b18-11-/t15-/m1/s1. The van der Waals surface area contributed by atoms with Crippen LogP contribution in [0.4, 0.5) is 10.2 Å². The summed E-state index contributed by atoms with van der Waals surface area (Å²) in [5.74, 6) is -0.627. The second-order valence-corrected chi connectivity index (χ2v) is 9.84. The third-order valence-electron chi connectivity index (χ3n) is 5.65. The molecule has 1 amide bonds. The van der Waals surface area contributed by atoms with Gasteiger partial charge in [-0.25, -0.2) is 23.9 Å². The number of nitrogens with zero attached hydrogens (tertiary/aromatic N) is 6. The van der Waals surface area contributed by atoms with Crippen LogP contribution in [-0.2, 0) is 4.79 Å². The van der Waals surface area contributed by atoms with Crippen LogP contribution in [0.15, 0.2) is 36.3 Å². The van der Waals surface area contributed by atoms with Gasteiger partial charge in [0.05, 0.1) is 23.0 Å². The minimum Gasteiger partial charge on any atom is -0.383 e. The van der Waals surface area contributed by atoms with Gasteiger partial charge >= 0.3 is 0 Å². The van der Waals surface area contributed by atoms with Crippen molar-refractivity contribution >= 4 is 34.4 Å². The number of anilines is 1. The van der Waals surface area contributed by atoms with Crippen LogP contribution in [0.5, 0.6) is 0 Å². The summed E-state index contributed by atoms with van der Waals surface area (Å²) in [5, 5.41) is 5.27. The predicted molar refractivity (Wildman–Crippen MR) is 129 cm³/mol. The lowest BCUT2D eigenvalue weighted by atomic mass is 9.95. The number of aromatic nitrogens is 4. The molecule has 1 saturated heterocycles. The van der Waals surface area contributed by atoms with Crippen molar-refractivity contribution in [3.05, 3.63) is 58.6 Å². The molecule has 1 aliphatic rings. The Bertz CT molecular complexity index is 1340. The largest absolute Gasteiger partial charge is 0.383 e. The molecule has 10 heteroatoms. The maximum atomic E-state index is 14.2. The van der Waals surface area contributed by atoms with E-state index in [2.05, 4.69) is 14.8 Å². The summed E-state index contributed by atoms with van der Waals surface area (Å²) in [6, 6.07) is 4.24. The van der Waals surface area contributed by atoms with Gasteiger partial charge in [0.2, 0.25) is 5.70 Å². The highest BCUT2D eigenvalue weighted by Gasteiger charge is 2.30. The van der Waals surface area contributed by atoms with Gasteiger partial charge in [-0.3, -0.25) is 4.79 Å². The van der Waals surface area contributed by atoms with E-state index in [0.717, 1.165) is 12.8 Å². The molecule has 0 radical (unpaired) electrons. The second-order valence-electron chi connectivity index (χ2n) is 9.43. The lowest BCUT2D eigenvalue weighted by molar-refractivity contribution is -0.128. The predicted octanol–water partition coefficient (Wildman–Crippen LogP) is 4.88. The molecule has 3 aromatic rings. The second kappa shape index (κ2) is 9.03. The number of nitrogen functional groups attached to an aromatic ring is 1. The monoisotopic (exact) mass is 481 g/mol. The average Bonchev–Trinajstić information content (AvgIpc) is 3.19. The van der Waals surface area contributed by atoms with Crippen LogP contribution in [-0.4, -0.2) is 43.6 Å². The van der Waals surface area contributed by atoms with Crippen LogP contribution in [0, 0.1) is 17.8 Å². The fraction of sp³-hybridized carbons (Fsp3) is 0.375. The molecule has 1 aromatic carbocycles. The summed E-state index contributed by atoms with van der Waals surface area (Å²) in [4.78, 5) is 26.8. The Morgan fingerprint density at radius 3 is 2.79 bits per heavy atom.